The highest BCUT2D eigenvalue weighted by atomic mass is 16.5. The van der Waals surface area contributed by atoms with Crippen LogP contribution >= 0.6 is 0 Å². The Morgan fingerprint density at radius 3 is 2.59 bits per heavy atom. The summed E-state index contributed by atoms with van der Waals surface area (Å²) in [6.07, 6.45) is 4.33. The Bertz CT molecular complexity index is 457. The van der Waals surface area contributed by atoms with Crippen LogP contribution in [0.5, 0.6) is 5.75 Å². The number of hydrogen-bond acceptors (Lipinski definition) is 3. The minimum atomic E-state index is 0.557. The first-order valence-corrected chi connectivity index (χ1v) is 5.70. The van der Waals surface area contributed by atoms with Gasteiger partial charge in [0.25, 0.3) is 0 Å². The van der Waals surface area contributed by atoms with Gasteiger partial charge in [-0.2, -0.15) is 0 Å². The molecule has 17 heavy (non-hydrogen) atoms. The zero-order chi connectivity index (χ0) is 11.9. The van der Waals surface area contributed by atoms with Gasteiger partial charge in [0.2, 0.25) is 0 Å². The molecule has 0 amide bonds. The molecule has 1 aromatic heterocycles. The van der Waals surface area contributed by atoms with Crippen LogP contribution in [0.15, 0.2) is 48.8 Å². The average molecular weight is 228 g/mol. The lowest BCUT2D eigenvalue weighted by Gasteiger charge is -2.10. The van der Waals surface area contributed by atoms with Crippen LogP contribution in [0, 0.1) is 0 Å². The van der Waals surface area contributed by atoms with Crippen LogP contribution in [0.25, 0.3) is 0 Å². The van der Waals surface area contributed by atoms with Crippen LogP contribution in [0.2, 0.25) is 0 Å². The fraction of sp³-hybridized carbons (Fsp3) is 0.214. The second-order valence-electron chi connectivity index (χ2n) is 3.78. The predicted molar refractivity (Wildman–Crippen MR) is 67.8 cm³/mol. The molecular formula is C14H16N2O. The third-order valence-electron chi connectivity index (χ3n) is 2.56. The van der Waals surface area contributed by atoms with E-state index in [4.69, 9.17) is 10.5 Å². The highest BCUT2D eigenvalue weighted by Crippen LogP contribution is 2.13. The number of ether oxygens (including phenoxy) is 1. The largest absolute Gasteiger partial charge is 0.487 e. The van der Waals surface area contributed by atoms with Crippen molar-refractivity contribution in [2.75, 3.05) is 6.54 Å². The molecule has 0 saturated carbocycles. The second-order valence-corrected chi connectivity index (χ2v) is 3.78. The molecule has 0 fully saturated rings. The summed E-state index contributed by atoms with van der Waals surface area (Å²) in [7, 11) is 0. The van der Waals surface area contributed by atoms with Crippen LogP contribution in [0.3, 0.4) is 0 Å². The summed E-state index contributed by atoms with van der Waals surface area (Å²) >= 11 is 0. The van der Waals surface area contributed by atoms with Gasteiger partial charge in [0.1, 0.15) is 12.4 Å². The summed E-state index contributed by atoms with van der Waals surface area (Å²) in [6, 6.07) is 12.0. The molecule has 0 aliphatic heterocycles. The summed E-state index contributed by atoms with van der Waals surface area (Å²) in [5.74, 6) is 0.787. The molecule has 0 saturated heterocycles. The Hall–Kier alpha value is -1.87. The van der Waals surface area contributed by atoms with Crippen molar-refractivity contribution < 1.29 is 4.74 Å². The van der Waals surface area contributed by atoms with Crippen molar-refractivity contribution in [2.24, 2.45) is 5.73 Å². The quantitative estimate of drug-likeness (QED) is 0.853. The number of hydrogen-bond donors (Lipinski definition) is 1. The molecule has 0 bridgehead atoms. The van der Waals surface area contributed by atoms with Gasteiger partial charge in [-0.1, -0.05) is 24.3 Å². The van der Waals surface area contributed by atoms with Gasteiger partial charge in [-0.25, -0.2) is 0 Å². The number of nitrogens with zero attached hydrogens (tertiary/aromatic N) is 1. The van der Waals surface area contributed by atoms with Gasteiger partial charge in [-0.3, -0.25) is 4.98 Å². The topological polar surface area (TPSA) is 48.1 Å². The van der Waals surface area contributed by atoms with E-state index in [-0.39, 0.29) is 0 Å². The number of aromatic nitrogens is 1. The lowest BCUT2D eigenvalue weighted by atomic mass is 10.1. The van der Waals surface area contributed by atoms with E-state index in [9.17, 15) is 0 Å². The van der Waals surface area contributed by atoms with E-state index >= 15 is 0 Å². The maximum Gasteiger partial charge on any atom is 0.138 e. The maximum absolute atomic E-state index is 5.68. The molecule has 3 nitrogen and oxygen atoms in total. The van der Waals surface area contributed by atoms with Crippen molar-refractivity contribution in [3.8, 4) is 5.75 Å². The van der Waals surface area contributed by atoms with Crippen molar-refractivity contribution >= 4 is 0 Å². The minimum Gasteiger partial charge on any atom is -0.487 e. The third kappa shape index (κ3) is 3.29. The lowest BCUT2D eigenvalue weighted by molar-refractivity contribution is 0.304. The summed E-state index contributed by atoms with van der Waals surface area (Å²) < 4.78 is 5.68. The third-order valence-corrected chi connectivity index (χ3v) is 2.56. The molecule has 1 heterocycles. The van der Waals surface area contributed by atoms with E-state index in [2.05, 4.69) is 17.1 Å². The molecule has 88 valence electrons. The number of rotatable bonds is 5. The van der Waals surface area contributed by atoms with Gasteiger partial charge >= 0.3 is 0 Å². The van der Waals surface area contributed by atoms with E-state index in [1.54, 1.807) is 12.4 Å². The number of pyridine rings is 1. The highest BCUT2D eigenvalue weighted by molar-refractivity contribution is 5.27. The van der Waals surface area contributed by atoms with Crippen molar-refractivity contribution in [3.63, 3.8) is 0 Å². The van der Waals surface area contributed by atoms with E-state index in [1.165, 1.54) is 11.1 Å². The Labute approximate surface area is 101 Å². The SMILES string of the molecule is NCCc1ccccc1COc1cccnc1. The zero-order valence-electron chi connectivity index (χ0n) is 9.67. The first kappa shape index (κ1) is 11.6. The molecule has 0 radical (unpaired) electrons. The predicted octanol–water partition coefficient (Wildman–Crippen LogP) is 2.16. The van der Waals surface area contributed by atoms with Gasteiger partial charge in [0, 0.05) is 6.20 Å². The molecule has 0 aliphatic rings. The smallest absolute Gasteiger partial charge is 0.138 e. The fourth-order valence-electron chi connectivity index (χ4n) is 1.69. The van der Waals surface area contributed by atoms with Crippen molar-refractivity contribution in [2.45, 2.75) is 13.0 Å². The molecule has 2 aromatic rings. The fourth-order valence-corrected chi connectivity index (χ4v) is 1.69. The van der Waals surface area contributed by atoms with Gasteiger partial charge < -0.3 is 10.5 Å². The molecule has 2 N–H and O–H groups in total. The second kappa shape index (κ2) is 6.01. The molecule has 0 spiro atoms. The van der Waals surface area contributed by atoms with Crippen LogP contribution < -0.4 is 10.5 Å². The Kier molecular flexibility index (Phi) is 4.11. The number of nitrogens with two attached hydrogens (primary N) is 1. The van der Waals surface area contributed by atoms with E-state index in [0.29, 0.717) is 13.2 Å². The van der Waals surface area contributed by atoms with Crippen LogP contribution in [0.1, 0.15) is 11.1 Å². The van der Waals surface area contributed by atoms with Gasteiger partial charge in [0.15, 0.2) is 0 Å². The summed E-state index contributed by atoms with van der Waals surface area (Å²) in [6.45, 7) is 1.21. The van der Waals surface area contributed by atoms with Crippen molar-refractivity contribution in [3.05, 3.63) is 59.9 Å². The molecular weight excluding hydrogens is 212 g/mol. The Balaban J connectivity index is 2.03. The molecule has 2 rings (SSSR count). The lowest BCUT2D eigenvalue weighted by Crippen LogP contribution is -2.07. The normalized spacial score (nSPS) is 10.2. The van der Waals surface area contributed by atoms with Crippen LogP contribution in [-0.4, -0.2) is 11.5 Å². The van der Waals surface area contributed by atoms with Crippen molar-refractivity contribution in [1.82, 2.24) is 4.98 Å². The van der Waals surface area contributed by atoms with E-state index in [0.717, 1.165) is 12.2 Å². The molecule has 0 atom stereocenters. The zero-order valence-corrected chi connectivity index (χ0v) is 9.67. The first-order valence-electron chi connectivity index (χ1n) is 5.70. The van der Waals surface area contributed by atoms with Crippen LogP contribution in [0.4, 0.5) is 0 Å². The van der Waals surface area contributed by atoms with Gasteiger partial charge in [-0.05, 0) is 36.2 Å². The highest BCUT2D eigenvalue weighted by Gasteiger charge is 2.01. The van der Waals surface area contributed by atoms with Crippen LogP contribution in [-0.2, 0) is 13.0 Å². The monoisotopic (exact) mass is 228 g/mol. The minimum absolute atomic E-state index is 0.557. The standard InChI is InChI=1S/C14H16N2O/c15-8-7-12-4-1-2-5-13(12)11-17-14-6-3-9-16-10-14/h1-6,9-10H,7-8,11,15H2. The average Bonchev–Trinajstić information content (AvgIpc) is 2.39. The molecule has 3 heteroatoms. The molecule has 1 aromatic carbocycles. The first-order chi connectivity index (χ1) is 8.40. The molecule has 0 aliphatic carbocycles. The van der Waals surface area contributed by atoms with Gasteiger partial charge in [0.05, 0.1) is 6.20 Å². The van der Waals surface area contributed by atoms with Crippen molar-refractivity contribution in [1.29, 1.82) is 0 Å². The Morgan fingerprint density at radius 1 is 1.06 bits per heavy atom. The van der Waals surface area contributed by atoms with Gasteiger partial charge in [-0.15, -0.1) is 0 Å². The summed E-state index contributed by atoms with van der Waals surface area (Å²) in [5, 5.41) is 0. The summed E-state index contributed by atoms with van der Waals surface area (Å²) in [5.41, 5.74) is 8.02. The van der Waals surface area contributed by atoms with E-state index in [1.807, 2.05) is 24.3 Å². The van der Waals surface area contributed by atoms with E-state index < -0.39 is 0 Å². The molecule has 0 unspecified atom stereocenters. The number of benzene rings is 1. The maximum atomic E-state index is 5.68. The summed E-state index contributed by atoms with van der Waals surface area (Å²) in [4.78, 5) is 4.01. The Morgan fingerprint density at radius 2 is 1.88 bits per heavy atom.